The molecule has 30 heavy (non-hydrogen) atoms. The van der Waals surface area contributed by atoms with Crippen LogP contribution in [0.15, 0.2) is 34.2 Å². The van der Waals surface area contributed by atoms with Crippen LogP contribution >= 0.6 is 0 Å². The number of hydrogen-bond donors (Lipinski definition) is 1. The highest BCUT2D eigenvalue weighted by Crippen LogP contribution is 2.22. The number of carbonyl (C=O) groups excluding carboxylic acids is 2. The van der Waals surface area contributed by atoms with Crippen molar-refractivity contribution in [3.05, 3.63) is 29.8 Å². The molecule has 1 aromatic carbocycles. The lowest BCUT2D eigenvalue weighted by Crippen LogP contribution is -2.43. The molecule has 0 bridgehead atoms. The van der Waals surface area contributed by atoms with E-state index in [4.69, 9.17) is 4.74 Å². The van der Waals surface area contributed by atoms with Crippen molar-refractivity contribution < 1.29 is 31.2 Å². The molecule has 2 aliphatic rings. The summed E-state index contributed by atoms with van der Waals surface area (Å²) in [6, 6.07) is 4.77. The van der Waals surface area contributed by atoms with E-state index >= 15 is 0 Å². The number of sulfone groups is 1. The van der Waals surface area contributed by atoms with Gasteiger partial charge in [0.15, 0.2) is 16.4 Å². The van der Waals surface area contributed by atoms with Crippen molar-refractivity contribution in [1.82, 2.24) is 9.62 Å². The fraction of sp³-hybridized carbons (Fsp3) is 0.500. The number of aliphatic imine (C=N–C) groups is 1. The van der Waals surface area contributed by atoms with Gasteiger partial charge < -0.3 is 9.64 Å². The number of carbonyl (C=O) groups is 2. The van der Waals surface area contributed by atoms with Crippen molar-refractivity contribution in [2.75, 3.05) is 24.7 Å². The minimum absolute atomic E-state index is 0.0349. The lowest BCUT2D eigenvalue weighted by molar-refractivity contribution is -0.153. The average molecular weight is 458 g/mol. The Labute approximate surface area is 175 Å². The molecule has 0 radical (unpaired) electrons. The van der Waals surface area contributed by atoms with Crippen LogP contribution < -0.4 is 4.72 Å². The Kier molecular flexibility index (Phi) is 6.18. The molecule has 0 spiro atoms. The van der Waals surface area contributed by atoms with E-state index in [1.165, 1.54) is 17.9 Å². The number of amidine groups is 1. The number of hydrogen-bond acceptors (Lipinski definition) is 8. The van der Waals surface area contributed by atoms with Crippen LogP contribution in [0, 0.1) is 0 Å². The number of esters is 1. The quantitative estimate of drug-likeness (QED) is 0.578. The first-order valence-corrected chi connectivity index (χ1v) is 12.7. The number of benzene rings is 1. The Bertz CT molecular complexity index is 1100. The van der Waals surface area contributed by atoms with E-state index in [0.717, 1.165) is 0 Å². The number of sulfonamides is 1. The molecule has 1 saturated heterocycles. The molecule has 2 aliphatic heterocycles. The predicted octanol–water partition coefficient (Wildman–Crippen LogP) is -0.308. The number of nitrogens with zero attached hydrogens (tertiary/aromatic N) is 2. The molecular weight excluding hydrogens is 434 g/mol. The molecule has 0 aliphatic carbocycles. The highest BCUT2D eigenvalue weighted by molar-refractivity contribution is 7.91. The molecule has 1 N–H and O–H groups in total. The Morgan fingerprint density at radius 2 is 1.97 bits per heavy atom. The Hall–Kier alpha value is -2.47. The lowest BCUT2D eigenvalue weighted by Gasteiger charge is -2.26. The average Bonchev–Trinajstić information content (AvgIpc) is 3.17. The van der Waals surface area contributed by atoms with Gasteiger partial charge in [0.1, 0.15) is 11.9 Å². The normalized spacial score (nSPS) is 23.4. The van der Waals surface area contributed by atoms with Gasteiger partial charge in [0.05, 0.1) is 16.4 Å². The number of ether oxygens (including phenoxy) is 1. The second kappa shape index (κ2) is 8.34. The zero-order chi connectivity index (χ0) is 22.1. The van der Waals surface area contributed by atoms with Crippen molar-refractivity contribution in [3.63, 3.8) is 0 Å². The van der Waals surface area contributed by atoms with E-state index in [-0.39, 0.29) is 22.2 Å². The molecule has 12 heteroatoms. The maximum absolute atomic E-state index is 12.4. The van der Waals surface area contributed by atoms with Gasteiger partial charge in [0.2, 0.25) is 0 Å². The molecule has 0 aromatic heterocycles. The molecule has 164 valence electrons. The zero-order valence-electron chi connectivity index (χ0n) is 16.6. The summed E-state index contributed by atoms with van der Waals surface area (Å²) in [5, 5.41) is 0. The topological polar surface area (TPSA) is 139 Å². The van der Waals surface area contributed by atoms with Gasteiger partial charge in [-0.1, -0.05) is 12.1 Å². The SMILES string of the molecule is CCN(C(=O)COC(=O)[C@H](C)N=C1NS(=O)(=O)c2ccccc21)C1CCS(=O)(=O)C1. The number of amides is 1. The third-order valence-electron chi connectivity index (χ3n) is 4.97. The fourth-order valence-electron chi connectivity index (χ4n) is 3.47. The molecule has 1 fully saturated rings. The van der Waals surface area contributed by atoms with Crippen LogP contribution in [0.25, 0.3) is 0 Å². The second-order valence-corrected chi connectivity index (χ2v) is 11.0. The minimum Gasteiger partial charge on any atom is -0.454 e. The van der Waals surface area contributed by atoms with Crippen molar-refractivity contribution in [2.24, 2.45) is 4.99 Å². The minimum atomic E-state index is -3.73. The molecule has 1 aromatic rings. The second-order valence-electron chi connectivity index (χ2n) is 7.10. The summed E-state index contributed by atoms with van der Waals surface area (Å²) < 4.78 is 54.9. The summed E-state index contributed by atoms with van der Waals surface area (Å²) in [5.41, 5.74) is 0.354. The first kappa shape index (κ1) is 22.2. The van der Waals surface area contributed by atoms with Crippen LogP contribution in [-0.4, -0.2) is 76.2 Å². The molecule has 2 atom stereocenters. The summed E-state index contributed by atoms with van der Waals surface area (Å²) in [5.74, 6) is -1.31. The van der Waals surface area contributed by atoms with E-state index in [1.807, 2.05) is 0 Å². The highest BCUT2D eigenvalue weighted by atomic mass is 32.2. The van der Waals surface area contributed by atoms with Gasteiger partial charge in [0.25, 0.3) is 15.9 Å². The largest absolute Gasteiger partial charge is 0.454 e. The maximum atomic E-state index is 12.4. The Morgan fingerprint density at radius 3 is 2.60 bits per heavy atom. The van der Waals surface area contributed by atoms with Gasteiger partial charge in [-0.3, -0.25) is 14.5 Å². The maximum Gasteiger partial charge on any atom is 0.331 e. The van der Waals surface area contributed by atoms with E-state index in [0.29, 0.717) is 18.5 Å². The van der Waals surface area contributed by atoms with E-state index in [1.54, 1.807) is 25.1 Å². The summed E-state index contributed by atoms with van der Waals surface area (Å²) in [6.07, 6.45) is 0.361. The van der Waals surface area contributed by atoms with E-state index < -0.39 is 50.4 Å². The molecule has 10 nitrogen and oxygen atoms in total. The summed E-state index contributed by atoms with van der Waals surface area (Å²) in [4.78, 5) is 30.3. The van der Waals surface area contributed by atoms with Crippen LogP contribution in [0.5, 0.6) is 0 Å². The van der Waals surface area contributed by atoms with Crippen LogP contribution in [0.4, 0.5) is 0 Å². The monoisotopic (exact) mass is 457 g/mol. The van der Waals surface area contributed by atoms with Crippen LogP contribution in [0.2, 0.25) is 0 Å². The third kappa shape index (κ3) is 4.64. The fourth-order valence-corrected chi connectivity index (χ4v) is 6.44. The lowest BCUT2D eigenvalue weighted by atomic mass is 10.2. The molecule has 2 heterocycles. The number of likely N-dealkylation sites (N-methyl/N-ethyl adjacent to an activating group) is 1. The Morgan fingerprint density at radius 1 is 1.27 bits per heavy atom. The van der Waals surface area contributed by atoms with Gasteiger partial charge in [-0.25, -0.2) is 21.6 Å². The standard InChI is InChI=1S/C18H23N3O7S2/c1-3-21(13-8-9-29(24,25)11-13)16(22)10-28-18(23)12(2)19-17-14-6-4-5-7-15(14)30(26,27)20-17/h4-7,12-13H,3,8-11H2,1-2H3,(H,19,20)/t12-,13?/m0/s1. The highest BCUT2D eigenvalue weighted by Gasteiger charge is 2.35. The van der Waals surface area contributed by atoms with Gasteiger partial charge in [0, 0.05) is 18.2 Å². The van der Waals surface area contributed by atoms with Crippen molar-refractivity contribution in [1.29, 1.82) is 0 Å². The van der Waals surface area contributed by atoms with E-state index in [9.17, 15) is 26.4 Å². The first-order valence-electron chi connectivity index (χ1n) is 9.40. The van der Waals surface area contributed by atoms with Gasteiger partial charge in [-0.2, -0.15) is 0 Å². The first-order chi connectivity index (χ1) is 14.0. The summed E-state index contributed by atoms with van der Waals surface area (Å²) in [6.45, 7) is 2.91. The summed E-state index contributed by atoms with van der Waals surface area (Å²) in [7, 11) is -6.88. The molecule has 3 rings (SSSR count). The number of fused-ring (bicyclic) bond motifs is 1. The van der Waals surface area contributed by atoms with Crippen molar-refractivity contribution in [2.45, 2.75) is 37.2 Å². The van der Waals surface area contributed by atoms with Crippen LogP contribution in [0.1, 0.15) is 25.8 Å². The van der Waals surface area contributed by atoms with E-state index in [2.05, 4.69) is 9.71 Å². The van der Waals surface area contributed by atoms with Gasteiger partial charge in [-0.15, -0.1) is 0 Å². The molecular formula is C18H23N3O7S2. The predicted molar refractivity (Wildman–Crippen MR) is 108 cm³/mol. The van der Waals surface area contributed by atoms with Crippen molar-refractivity contribution >= 4 is 37.6 Å². The molecule has 0 saturated carbocycles. The summed E-state index contributed by atoms with van der Waals surface area (Å²) >= 11 is 0. The van der Waals surface area contributed by atoms with Gasteiger partial charge >= 0.3 is 5.97 Å². The molecule has 1 unspecified atom stereocenters. The number of rotatable bonds is 6. The number of nitrogens with one attached hydrogen (secondary N) is 1. The smallest absolute Gasteiger partial charge is 0.331 e. The van der Waals surface area contributed by atoms with Crippen molar-refractivity contribution in [3.8, 4) is 0 Å². The molecule has 1 amide bonds. The zero-order valence-corrected chi connectivity index (χ0v) is 18.2. The van der Waals surface area contributed by atoms with Gasteiger partial charge in [-0.05, 0) is 32.4 Å². The third-order valence-corrected chi connectivity index (χ3v) is 8.12. The van der Waals surface area contributed by atoms with Crippen LogP contribution in [-0.2, 0) is 34.2 Å². The van der Waals surface area contributed by atoms with Crippen LogP contribution in [0.3, 0.4) is 0 Å². The Balaban J connectivity index is 1.62.